The lowest BCUT2D eigenvalue weighted by Crippen LogP contribution is -2.52. The summed E-state index contributed by atoms with van der Waals surface area (Å²) >= 11 is 6.18. The number of aromatic nitrogens is 1. The summed E-state index contributed by atoms with van der Waals surface area (Å²) in [6.45, 7) is 0.905. The number of sulfonamides is 1. The van der Waals surface area contributed by atoms with E-state index >= 15 is 0 Å². The van der Waals surface area contributed by atoms with E-state index in [-0.39, 0.29) is 34.6 Å². The molecular formula is C29H32ClN3O6S2. The van der Waals surface area contributed by atoms with Gasteiger partial charge in [-0.25, -0.2) is 20.8 Å². The highest BCUT2D eigenvalue weighted by Crippen LogP contribution is 2.33. The van der Waals surface area contributed by atoms with Crippen molar-refractivity contribution in [3.8, 4) is 11.5 Å². The van der Waals surface area contributed by atoms with Crippen molar-refractivity contribution in [3.63, 3.8) is 0 Å². The summed E-state index contributed by atoms with van der Waals surface area (Å²) in [5, 5.41) is 3.92. The van der Waals surface area contributed by atoms with Crippen molar-refractivity contribution >= 4 is 42.6 Å². The molecule has 1 aliphatic heterocycles. The van der Waals surface area contributed by atoms with Gasteiger partial charge in [0.2, 0.25) is 0 Å². The van der Waals surface area contributed by atoms with Crippen molar-refractivity contribution < 1.29 is 26.3 Å². The molecule has 1 atom stereocenters. The second-order valence-corrected chi connectivity index (χ2v) is 14.0. The van der Waals surface area contributed by atoms with Gasteiger partial charge in [-0.05, 0) is 73.4 Å². The first-order valence-corrected chi connectivity index (χ1v) is 16.5. The number of hydrogen-bond acceptors (Lipinski definition) is 7. The van der Waals surface area contributed by atoms with Gasteiger partial charge in [0.25, 0.3) is 20.0 Å². The van der Waals surface area contributed by atoms with Crippen LogP contribution in [-0.2, 0) is 26.5 Å². The van der Waals surface area contributed by atoms with E-state index in [2.05, 4.69) is 5.32 Å². The van der Waals surface area contributed by atoms with Gasteiger partial charge in [-0.15, -0.1) is 0 Å². The van der Waals surface area contributed by atoms with Gasteiger partial charge in [-0.1, -0.05) is 35.9 Å². The monoisotopic (exact) mass is 617 g/mol. The summed E-state index contributed by atoms with van der Waals surface area (Å²) in [5.74, 6) is 1.33. The smallest absolute Gasteiger partial charge is 0.269 e. The number of aryl methyl sites for hydroxylation is 1. The standard InChI is InChI=1S/C29H32ClN3O6S2/c1-38-27-14-11-21(17-28(27)39-2)7-6-8-24-20-32(16-15-31-24)41(36,37)29-19-22-18-23(30)12-13-26(22)33(29)40(34,35)25-9-4-3-5-10-25/h3-5,9-14,17-19,24,31H,6-8,15-16,20H2,1-2H3. The zero-order valence-corrected chi connectivity index (χ0v) is 25.2. The maximum atomic E-state index is 14.1. The van der Waals surface area contributed by atoms with E-state index in [4.69, 9.17) is 21.1 Å². The molecule has 0 saturated carbocycles. The van der Waals surface area contributed by atoms with E-state index in [1.807, 2.05) is 18.2 Å². The van der Waals surface area contributed by atoms with Crippen molar-refractivity contribution in [1.82, 2.24) is 13.6 Å². The minimum atomic E-state index is -4.22. The molecule has 1 N–H and O–H groups in total. The van der Waals surface area contributed by atoms with Gasteiger partial charge >= 0.3 is 0 Å². The van der Waals surface area contributed by atoms with Crippen LogP contribution in [0, 0.1) is 0 Å². The minimum absolute atomic E-state index is 0.00255. The molecule has 4 aromatic rings. The molecule has 0 bridgehead atoms. The molecule has 12 heteroatoms. The fourth-order valence-corrected chi connectivity index (χ4v) is 8.93. The van der Waals surface area contributed by atoms with Gasteiger partial charge in [-0.3, -0.25) is 0 Å². The van der Waals surface area contributed by atoms with Crippen LogP contribution >= 0.6 is 11.6 Å². The minimum Gasteiger partial charge on any atom is -0.493 e. The summed E-state index contributed by atoms with van der Waals surface area (Å²) < 4.78 is 68.7. The fourth-order valence-electron chi connectivity index (χ4n) is 5.19. The molecule has 3 aromatic carbocycles. The average molecular weight is 618 g/mol. The Morgan fingerprint density at radius 2 is 1.66 bits per heavy atom. The van der Waals surface area contributed by atoms with Crippen LogP contribution in [0.25, 0.3) is 10.9 Å². The van der Waals surface area contributed by atoms with E-state index < -0.39 is 20.0 Å². The predicted octanol–water partition coefficient (Wildman–Crippen LogP) is 4.53. The molecule has 0 amide bonds. The number of methoxy groups -OCH3 is 2. The largest absolute Gasteiger partial charge is 0.493 e. The van der Waals surface area contributed by atoms with Crippen LogP contribution in [0.2, 0.25) is 5.02 Å². The number of ether oxygens (including phenoxy) is 2. The highest BCUT2D eigenvalue weighted by molar-refractivity contribution is 7.92. The Morgan fingerprint density at radius 3 is 2.39 bits per heavy atom. The maximum Gasteiger partial charge on any atom is 0.269 e. The molecule has 1 aliphatic rings. The van der Waals surface area contributed by atoms with E-state index in [0.29, 0.717) is 28.5 Å². The molecule has 0 spiro atoms. The summed E-state index contributed by atoms with van der Waals surface area (Å²) in [6.07, 6.45) is 2.35. The van der Waals surface area contributed by atoms with Crippen molar-refractivity contribution in [2.24, 2.45) is 0 Å². The summed E-state index contributed by atoms with van der Waals surface area (Å²) in [5.41, 5.74) is 1.34. The van der Waals surface area contributed by atoms with E-state index in [1.54, 1.807) is 44.6 Å². The topological polar surface area (TPSA) is 107 Å². The Bertz CT molecular complexity index is 1760. The third-order valence-electron chi connectivity index (χ3n) is 7.26. The van der Waals surface area contributed by atoms with E-state index in [9.17, 15) is 16.8 Å². The lowest BCUT2D eigenvalue weighted by atomic mass is 10.0. The number of nitrogens with one attached hydrogen (secondary N) is 1. The van der Waals surface area contributed by atoms with Crippen LogP contribution in [0.1, 0.15) is 18.4 Å². The third-order valence-corrected chi connectivity index (χ3v) is 11.2. The maximum absolute atomic E-state index is 14.1. The van der Waals surface area contributed by atoms with Gasteiger partial charge in [0.1, 0.15) is 0 Å². The van der Waals surface area contributed by atoms with Crippen molar-refractivity contribution in [2.45, 2.75) is 35.2 Å². The summed E-state index contributed by atoms with van der Waals surface area (Å²) in [7, 11) is -5.21. The zero-order valence-electron chi connectivity index (χ0n) is 22.8. The van der Waals surface area contributed by atoms with Crippen molar-refractivity contribution in [1.29, 1.82) is 0 Å². The van der Waals surface area contributed by atoms with Crippen LogP contribution in [0.4, 0.5) is 0 Å². The number of nitrogens with zero attached hydrogens (tertiary/aromatic N) is 2. The number of rotatable bonds is 10. The van der Waals surface area contributed by atoms with Crippen LogP contribution < -0.4 is 14.8 Å². The number of piperazine rings is 1. The first-order chi connectivity index (χ1) is 19.6. The molecule has 218 valence electrons. The third kappa shape index (κ3) is 5.96. The number of fused-ring (bicyclic) bond motifs is 1. The summed E-state index contributed by atoms with van der Waals surface area (Å²) in [4.78, 5) is -0.00255. The molecule has 1 fully saturated rings. The highest BCUT2D eigenvalue weighted by Gasteiger charge is 2.36. The van der Waals surface area contributed by atoms with Gasteiger partial charge in [-0.2, -0.15) is 4.31 Å². The van der Waals surface area contributed by atoms with Crippen molar-refractivity contribution in [2.75, 3.05) is 33.9 Å². The van der Waals surface area contributed by atoms with E-state index in [1.165, 1.54) is 28.6 Å². The summed E-state index contributed by atoms with van der Waals surface area (Å²) in [6, 6.07) is 19.6. The Kier molecular flexibility index (Phi) is 8.62. The van der Waals surface area contributed by atoms with Gasteiger partial charge < -0.3 is 14.8 Å². The average Bonchev–Trinajstić information content (AvgIpc) is 3.38. The molecule has 2 heterocycles. The van der Waals surface area contributed by atoms with Gasteiger partial charge in [0.15, 0.2) is 16.5 Å². The van der Waals surface area contributed by atoms with Crippen LogP contribution in [0.5, 0.6) is 11.5 Å². The first kappa shape index (κ1) is 29.4. The Morgan fingerprint density at radius 1 is 0.902 bits per heavy atom. The van der Waals surface area contributed by atoms with Crippen LogP contribution in [0.3, 0.4) is 0 Å². The SMILES string of the molecule is COc1ccc(CCCC2CN(S(=O)(=O)c3cc4cc(Cl)ccc4n3S(=O)(=O)c3ccccc3)CCN2)cc1OC. The molecule has 5 rings (SSSR count). The molecule has 0 radical (unpaired) electrons. The first-order valence-electron chi connectivity index (χ1n) is 13.2. The molecule has 1 aromatic heterocycles. The highest BCUT2D eigenvalue weighted by atomic mass is 35.5. The molecular weight excluding hydrogens is 586 g/mol. The lowest BCUT2D eigenvalue weighted by Gasteiger charge is -2.33. The number of benzene rings is 3. The van der Waals surface area contributed by atoms with Gasteiger partial charge in [0.05, 0.1) is 24.6 Å². The Hall–Kier alpha value is -3.09. The molecule has 0 aliphatic carbocycles. The molecule has 1 unspecified atom stereocenters. The Balaban J connectivity index is 1.39. The molecule has 41 heavy (non-hydrogen) atoms. The molecule has 9 nitrogen and oxygen atoms in total. The van der Waals surface area contributed by atoms with Crippen LogP contribution in [-0.4, -0.2) is 65.0 Å². The van der Waals surface area contributed by atoms with E-state index in [0.717, 1.165) is 28.8 Å². The van der Waals surface area contributed by atoms with Gasteiger partial charge in [0, 0.05) is 36.1 Å². The predicted molar refractivity (Wildman–Crippen MR) is 159 cm³/mol. The second kappa shape index (κ2) is 12.0. The number of hydrogen-bond donors (Lipinski definition) is 1. The molecule has 1 saturated heterocycles. The number of halogens is 1. The van der Waals surface area contributed by atoms with Crippen LogP contribution in [0.15, 0.2) is 82.7 Å². The van der Waals surface area contributed by atoms with Crippen molar-refractivity contribution in [3.05, 3.63) is 83.4 Å². The Labute approximate surface area is 245 Å². The fraction of sp³-hybridized carbons (Fsp3) is 0.310. The second-order valence-electron chi connectivity index (χ2n) is 9.86. The zero-order chi connectivity index (χ0) is 29.2. The quantitative estimate of drug-likeness (QED) is 0.279. The normalized spacial score (nSPS) is 16.6. The lowest BCUT2D eigenvalue weighted by molar-refractivity contribution is 0.285.